The van der Waals surface area contributed by atoms with Crippen molar-refractivity contribution in [3.05, 3.63) is 0 Å². The van der Waals surface area contributed by atoms with Gasteiger partial charge in [-0.05, 0) is 13.1 Å². The maximum absolute atomic E-state index is 6.45. The highest BCUT2D eigenvalue weighted by Crippen LogP contribution is 2.30. The number of rotatable bonds is 24. The molecule has 0 bridgehead atoms. The van der Waals surface area contributed by atoms with Crippen molar-refractivity contribution in [3.63, 3.8) is 0 Å². The highest BCUT2D eigenvalue weighted by molar-refractivity contribution is 6.84. The molecule has 0 aromatic rings. The van der Waals surface area contributed by atoms with Gasteiger partial charge in [-0.2, -0.15) is 0 Å². The van der Waals surface area contributed by atoms with Gasteiger partial charge in [-0.1, -0.05) is 0 Å². The molecule has 0 aromatic carbocycles. The summed E-state index contributed by atoms with van der Waals surface area (Å²) in [4.78, 5) is 0. The Morgan fingerprint density at radius 2 is 0.897 bits per heavy atom. The van der Waals surface area contributed by atoms with Gasteiger partial charge in [0.15, 0.2) is 0 Å². The van der Waals surface area contributed by atoms with Gasteiger partial charge in [0.2, 0.25) is 0 Å². The van der Waals surface area contributed by atoms with E-state index in [0.29, 0.717) is 38.5 Å². The summed E-state index contributed by atoms with van der Waals surface area (Å²) in [5.41, 5.74) is 0. The molecule has 19 heteroatoms. The third-order valence-corrected chi connectivity index (χ3v) is 24.2. The second kappa shape index (κ2) is 15.8. The Balaban J connectivity index is 2.08. The first kappa shape index (κ1) is 35.7. The molecule has 6 atom stereocenters. The highest BCUT2D eigenvalue weighted by atomic mass is 28.5. The summed E-state index contributed by atoms with van der Waals surface area (Å²) >= 11 is 0. The summed E-state index contributed by atoms with van der Waals surface area (Å²) in [5.74, 6) is 0. The Morgan fingerprint density at radius 1 is 0.538 bits per heavy atom. The zero-order valence-corrected chi connectivity index (χ0v) is 30.0. The second-order valence-corrected chi connectivity index (χ2v) is 25.4. The van der Waals surface area contributed by atoms with Crippen molar-refractivity contribution in [2.75, 3.05) is 82.3 Å². The zero-order chi connectivity index (χ0) is 29.2. The average Bonchev–Trinajstić information content (AvgIpc) is 3.85. The minimum absolute atomic E-state index is 0.185. The minimum atomic E-state index is -3.91. The van der Waals surface area contributed by atoms with Crippen LogP contribution in [0.3, 0.4) is 0 Å². The standard InChI is InChI=1S/C20H48O14Si5/c1-21-35(7,13-11-27-15-19-17-29-19)31-37(9,23-3)33-39(25-5,26-6)34-38(10,24-4)32-36(8,22-2)14-12-28-16-20-18-30-20/h19-20H,11-18H2,1-10H3. The summed E-state index contributed by atoms with van der Waals surface area (Å²) in [6.07, 6.45) is 0.370. The number of hydrogen-bond acceptors (Lipinski definition) is 14. The largest absolute Gasteiger partial charge is 0.664 e. The van der Waals surface area contributed by atoms with Crippen LogP contribution in [0.1, 0.15) is 0 Å². The highest BCUT2D eigenvalue weighted by Gasteiger charge is 2.61. The van der Waals surface area contributed by atoms with Gasteiger partial charge in [-0.25, -0.2) is 0 Å². The summed E-state index contributed by atoms with van der Waals surface area (Å²) in [6, 6.07) is 1.11. The molecule has 2 heterocycles. The molecule has 2 aliphatic rings. The van der Waals surface area contributed by atoms with Crippen molar-refractivity contribution in [1.82, 2.24) is 0 Å². The maximum Gasteiger partial charge on any atom is 0.664 e. The molecule has 2 saturated heterocycles. The van der Waals surface area contributed by atoms with E-state index in [-0.39, 0.29) is 12.2 Å². The van der Waals surface area contributed by atoms with E-state index in [9.17, 15) is 0 Å². The summed E-state index contributed by atoms with van der Waals surface area (Å²) in [6.45, 7) is 10.8. The van der Waals surface area contributed by atoms with Crippen LogP contribution < -0.4 is 0 Å². The first-order valence-corrected chi connectivity index (χ1v) is 24.0. The molecule has 0 aromatic heterocycles. The van der Waals surface area contributed by atoms with Gasteiger partial charge in [-0.3, -0.25) is 0 Å². The van der Waals surface area contributed by atoms with Gasteiger partial charge < -0.3 is 62.0 Å². The summed E-state index contributed by atoms with van der Waals surface area (Å²) < 4.78 is 82.1. The van der Waals surface area contributed by atoms with Crippen LogP contribution in [0.4, 0.5) is 0 Å². The first-order valence-electron chi connectivity index (χ1n) is 12.9. The second-order valence-electron chi connectivity index (χ2n) is 9.69. The molecule has 2 aliphatic heterocycles. The van der Waals surface area contributed by atoms with E-state index < -0.39 is 43.8 Å². The fourth-order valence-corrected chi connectivity index (χ4v) is 20.7. The SMILES string of the molecule is CO[Si](C)(CCOCC1CO1)O[Si](C)(OC)O[Si](OC)(OC)O[Si](C)(OC)O[Si](C)(CCOCC1CO1)OC. The molecular weight excluding hydrogens is 605 g/mol. The van der Waals surface area contributed by atoms with Crippen LogP contribution in [0.5, 0.6) is 0 Å². The Morgan fingerprint density at radius 3 is 1.15 bits per heavy atom. The Labute approximate surface area is 238 Å². The fraction of sp³-hybridized carbons (Fsp3) is 1.00. The Hall–Kier alpha value is 0.524. The molecule has 0 saturated carbocycles. The molecule has 14 nitrogen and oxygen atoms in total. The smallest absolute Gasteiger partial charge is 0.398 e. The van der Waals surface area contributed by atoms with Crippen molar-refractivity contribution in [2.24, 2.45) is 0 Å². The molecule has 0 radical (unpaired) electrons. The van der Waals surface area contributed by atoms with E-state index >= 15 is 0 Å². The Bertz CT molecular complexity index is 666. The third kappa shape index (κ3) is 12.3. The van der Waals surface area contributed by atoms with Gasteiger partial charge >= 0.3 is 43.8 Å². The lowest BCUT2D eigenvalue weighted by Crippen LogP contribution is -2.66. The van der Waals surface area contributed by atoms with Crippen LogP contribution in [0, 0.1) is 0 Å². The zero-order valence-electron chi connectivity index (χ0n) is 25.0. The van der Waals surface area contributed by atoms with Crippen LogP contribution in [-0.2, 0) is 62.0 Å². The molecule has 6 unspecified atom stereocenters. The molecule has 232 valence electrons. The minimum Gasteiger partial charge on any atom is -0.398 e. The fourth-order valence-electron chi connectivity index (χ4n) is 3.38. The first-order chi connectivity index (χ1) is 18.3. The molecule has 0 N–H and O–H groups in total. The third-order valence-electron chi connectivity index (χ3n) is 6.34. The predicted octanol–water partition coefficient (Wildman–Crippen LogP) is 1.48. The maximum atomic E-state index is 6.45. The van der Waals surface area contributed by atoms with Crippen molar-refractivity contribution < 1.29 is 62.0 Å². The van der Waals surface area contributed by atoms with Crippen molar-refractivity contribution in [1.29, 1.82) is 0 Å². The molecule has 0 aliphatic carbocycles. The number of hydrogen-bond donors (Lipinski definition) is 0. The molecule has 0 amide bonds. The summed E-state index contributed by atoms with van der Waals surface area (Å²) in [7, 11) is -7.23. The van der Waals surface area contributed by atoms with E-state index in [1.165, 1.54) is 28.4 Å². The molecule has 39 heavy (non-hydrogen) atoms. The average molecular weight is 653 g/mol. The van der Waals surface area contributed by atoms with Crippen molar-refractivity contribution in [2.45, 2.75) is 50.5 Å². The summed E-state index contributed by atoms with van der Waals surface area (Å²) in [5, 5.41) is 0. The van der Waals surface area contributed by atoms with E-state index in [1.807, 2.05) is 13.1 Å². The Kier molecular flexibility index (Phi) is 14.5. The van der Waals surface area contributed by atoms with E-state index in [4.69, 9.17) is 62.0 Å². The lowest BCUT2D eigenvalue weighted by molar-refractivity contribution is 0.0195. The molecule has 0 spiro atoms. The lowest BCUT2D eigenvalue weighted by Gasteiger charge is -2.41. The normalized spacial score (nSPS) is 25.4. The van der Waals surface area contributed by atoms with Gasteiger partial charge in [0, 0.05) is 81.1 Å². The monoisotopic (exact) mass is 652 g/mol. The van der Waals surface area contributed by atoms with Gasteiger partial charge in [0.05, 0.1) is 26.4 Å². The number of ether oxygens (including phenoxy) is 4. The van der Waals surface area contributed by atoms with E-state index in [1.54, 1.807) is 27.3 Å². The van der Waals surface area contributed by atoms with Gasteiger partial charge in [-0.15, -0.1) is 0 Å². The molecule has 2 rings (SSSR count). The van der Waals surface area contributed by atoms with Crippen LogP contribution in [0.15, 0.2) is 0 Å². The van der Waals surface area contributed by atoms with Crippen LogP contribution in [0.25, 0.3) is 0 Å². The van der Waals surface area contributed by atoms with Gasteiger partial charge in [0.1, 0.15) is 12.2 Å². The lowest BCUT2D eigenvalue weighted by atomic mass is 10.5. The van der Waals surface area contributed by atoms with E-state index in [2.05, 4.69) is 0 Å². The topological polar surface area (TPSA) is 136 Å². The van der Waals surface area contributed by atoms with Crippen LogP contribution >= 0.6 is 0 Å². The van der Waals surface area contributed by atoms with Gasteiger partial charge in [0.25, 0.3) is 0 Å². The van der Waals surface area contributed by atoms with Crippen molar-refractivity contribution in [3.8, 4) is 0 Å². The predicted molar refractivity (Wildman–Crippen MR) is 149 cm³/mol. The van der Waals surface area contributed by atoms with Crippen molar-refractivity contribution >= 4 is 43.8 Å². The van der Waals surface area contributed by atoms with Crippen LogP contribution in [0.2, 0.25) is 38.3 Å². The van der Waals surface area contributed by atoms with Crippen LogP contribution in [-0.4, -0.2) is 138 Å². The quantitative estimate of drug-likeness (QED) is 0.0846. The number of epoxide rings is 2. The molecular formula is C20H48O14Si5. The molecule has 2 fully saturated rings. The van der Waals surface area contributed by atoms with E-state index in [0.717, 1.165) is 13.2 Å².